The van der Waals surface area contributed by atoms with E-state index in [1.165, 1.54) is 36.0 Å². The van der Waals surface area contributed by atoms with E-state index < -0.39 is 0 Å². The van der Waals surface area contributed by atoms with Gasteiger partial charge >= 0.3 is 0 Å². The van der Waals surface area contributed by atoms with E-state index in [-0.39, 0.29) is 11.5 Å². The maximum Gasteiger partial charge on any atom is 0.0571 e. The number of aromatic nitrogens is 1. The quantitative estimate of drug-likeness (QED) is 0.661. The van der Waals surface area contributed by atoms with Crippen LogP contribution in [-0.2, 0) is 5.41 Å². The third-order valence-electron chi connectivity index (χ3n) is 4.54. The summed E-state index contributed by atoms with van der Waals surface area (Å²) in [5, 5.41) is 0. The van der Waals surface area contributed by atoms with Crippen molar-refractivity contribution in [1.82, 2.24) is 10.4 Å². The Morgan fingerprint density at radius 1 is 1.20 bits per heavy atom. The lowest BCUT2D eigenvalue weighted by Crippen LogP contribution is -2.49. The highest BCUT2D eigenvalue weighted by Gasteiger charge is 2.45. The van der Waals surface area contributed by atoms with Crippen LogP contribution in [0.15, 0.2) is 48.8 Å². The zero-order valence-electron chi connectivity index (χ0n) is 11.8. The van der Waals surface area contributed by atoms with E-state index in [9.17, 15) is 0 Å². The van der Waals surface area contributed by atoms with Gasteiger partial charge in [-0.2, -0.15) is 0 Å². The summed E-state index contributed by atoms with van der Waals surface area (Å²) in [5.74, 6) is 5.91. The highest BCUT2D eigenvalue weighted by molar-refractivity contribution is 5.35. The number of nitrogens with two attached hydrogens (primary N) is 1. The van der Waals surface area contributed by atoms with Gasteiger partial charge in [-0.15, -0.1) is 0 Å². The molecule has 0 bridgehead atoms. The Morgan fingerprint density at radius 2 is 1.95 bits per heavy atom. The lowest BCUT2D eigenvalue weighted by Gasteiger charge is -2.48. The lowest BCUT2D eigenvalue weighted by molar-refractivity contribution is 0.170. The second kappa shape index (κ2) is 5.35. The maximum atomic E-state index is 5.91. The van der Waals surface area contributed by atoms with Crippen LogP contribution in [-0.4, -0.2) is 4.98 Å². The highest BCUT2D eigenvalue weighted by Crippen LogP contribution is 2.51. The van der Waals surface area contributed by atoms with Crippen molar-refractivity contribution in [3.63, 3.8) is 0 Å². The summed E-state index contributed by atoms with van der Waals surface area (Å²) in [6, 6.07) is 13.0. The van der Waals surface area contributed by atoms with Gasteiger partial charge in [0.2, 0.25) is 0 Å². The van der Waals surface area contributed by atoms with E-state index in [2.05, 4.69) is 53.7 Å². The Balaban J connectivity index is 2.03. The van der Waals surface area contributed by atoms with Gasteiger partial charge in [0.05, 0.1) is 6.04 Å². The minimum atomic E-state index is 0.103. The Labute approximate surface area is 120 Å². The molecule has 1 saturated carbocycles. The van der Waals surface area contributed by atoms with Crippen LogP contribution >= 0.6 is 0 Å². The molecule has 1 aliphatic carbocycles. The van der Waals surface area contributed by atoms with Crippen molar-refractivity contribution in [2.75, 3.05) is 0 Å². The molecule has 1 unspecified atom stereocenters. The average Bonchev–Trinajstić information content (AvgIpc) is 2.43. The van der Waals surface area contributed by atoms with Crippen molar-refractivity contribution < 1.29 is 0 Å². The number of nitrogens with one attached hydrogen (secondary N) is 1. The predicted octanol–water partition coefficient (Wildman–Crippen LogP) is 3.02. The molecule has 3 heteroatoms. The van der Waals surface area contributed by atoms with E-state index in [0.717, 1.165) is 0 Å². The molecule has 1 aromatic heterocycles. The number of hydrazine groups is 1. The number of hydrogen-bond donors (Lipinski definition) is 2. The SMILES string of the molecule is Cc1cncc(C(NN)C2(c3ccccc3)CCC2)c1. The summed E-state index contributed by atoms with van der Waals surface area (Å²) in [6.07, 6.45) is 7.40. The first-order valence-corrected chi connectivity index (χ1v) is 7.19. The normalized spacial score (nSPS) is 18.3. The molecule has 3 N–H and O–H groups in total. The Morgan fingerprint density at radius 3 is 2.50 bits per heavy atom. The summed E-state index contributed by atoms with van der Waals surface area (Å²) in [5.41, 5.74) is 6.87. The van der Waals surface area contributed by atoms with E-state index >= 15 is 0 Å². The van der Waals surface area contributed by atoms with Gasteiger partial charge in [-0.1, -0.05) is 42.8 Å². The van der Waals surface area contributed by atoms with Crippen molar-refractivity contribution in [2.45, 2.75) is 37.6 Å². The molecule has 0 saturated heterocycles. The molecule has 0 aliphatic heterocycles. The molecule has 20 heavy (non-hydrogen) atoms. The van der Waals surface area contributed by atoms with Crippen LogP contribution in [0.4, 0.5) is 0 Å². The first kappa shape index (κ1) is 13.3. The monoisotopic (exact) mass is 267 g/mol. The second-order valence-corrected chi connectivity index (χ2v) is 5.77. The highest BCUT2D eigenvalue weighted by atomic mass is 15.2. The molecular weight excluding hydrogens is 246 g/mol. The van der Waals surface area contributed by atoms with Crippen LogP contribution in [0.5, 0.6) is 0 Å². The third kappa shape index (κ3) is 2.13. The summed E-state index contributed by atoms with van der Waals surface area (Å²) in [6.45, 7) is 2.07. The number of nitrogens with zero attached hydrogens (tertiary/aromatic N) is 1. The fourth-order valence-corrected chi connectivity index (χ4v) is 3.38. The molecule has 1 heterocycles. The molecule has 3 nitrogen and oxygen atoms in total. The molecule has 1 aliphatic rings. The van der Waals surface area contributed by atoms with E-state index in [0.29, 0.717) is 0 Å². The average molecular weight is 267 g/mol. The van der Waals surface area contributed by atoms with Gasteiger partial charge in [0.1, 0.15) is 0 Å². The van der Waals surface area contributed by atoms with E-state index in [1.54, 1.807) is 0 Å². The number of pyridine rings is 1. The number of rotatable bonds is 4. The van der Waals surface area contributed by atoms with Crippen LogP contribution in [0.3, 0.4) is 0 Å². The van der Waals surface area contributed by atoms with Gasteiger partial charge in [-0.25, -0.2) is 0 Å². The fourth-order valence-electron chi connectivity index (χ4n) is 3.38. The minimum absolute atomic E-state index is 0.103. The molecule has 104 valence electrons. The van der Waals surface area contributed by atoms with Crippen LogP contribution in [0, 0.1) is 6.92 Å². The maximum absolute atomic E-state index is 5.91. The molecule has 1 atom stereocenters. The zero-order chi connectivity index (χ0) is 14.0. The van der Waals surface area contributed by atoms with Crippen molar-refractivity contribution in [3.05, 3.63) is 65.5 Å². The van der Waals surface area contributed by atoms with Crippen molar-refractivity contribution in [1.29, 1.82) is 0 Å². The fraction of sp³-hybridized carbons (Fsp3) is 0.353. The van der Waals surface area contributed by atoms with Gasteiger partial charge in [0.25, 0.3) is 0 Å². The van der Waals surface area contributed by atoms with Gasteiger partial charge in [-0.05, 0) is 36.5 Å². The zero-order valence-corrected chi connectivity index (χ0v) is 11.8. The summed E-state index contributed by atoms with van der Waals surface area (Å²) < 4.78 is 0. The van der Waals surface area contributed by atoms with E-state index in [4.69, 9.17) is 5.84 Å². The Kier molecular flexibility index (Phi) is 3.55. The predicted molar refractivity (Wildman–Crippen MR) is 81.0 cm³/mol. The van der Waals surface area contributed by atoms with E-state index in [1.807, 2.05) is 12.4 Å². The standard InChI is InChI=1S/C17H21N3/c1-13-10-14(12-19-11-13)16(20-18)17(8-5-9-17)15-6-3-2-4-7-15/h2-4,6-7,10-12,16,20H,5,8-9,18H2,1H3. The molecule has 1 fully saturated rings. The molecule has 1 aromatic carbocycles. The summed E-state index contributed by atoms with van der Waals surface area (Å²) >= 11 is 0. The third-order valence-corrected chi connectivity index (χ3v) is 4.54. The topological polar surface area (TPSA) is 50.9 Å². The summed E-state index contributed by atoms with van der Waals surface area (Å²) in [4.78, 5) is 4.32. The van der Waals surface area contributed by atoms with Gasteiger partial charge in [0.15, 0.2) is 0 Å². The second-order valence-electron chi connectivity index (χ2n) is 5.77. The largest absolute Gasteiger partial charge is 0.271 e. The van der Waals surface area contributed by atoms with Gasteiger partial charge in [0, 0.05) is 17.8 Å². The van der Waals surface area contributed by atoms with Gasteiger partial charge in [-0.3, -0.25) is 16.3 Å². The number of benzene rings is 1. The first-order chi connectivity index (χ1) is 9.76. The molecule has 0 radical (unpaired) electrons. The van der Waals surface area contributed by atoms with Crippen molar-refractivity contribution in [3.8, 4) is 0 Å². The molecule has 0 amide bonds. The van der Waals surface area contributed by atoms with Crippen molar-refractivity contribution >= 4 is 0 Å². The number of hydrogen-bond acceptors (Lipinski definition) is 3. The molecule has 3 rings (SSSR count). The molecular formula is C17H21N3. The Hall–Kier alpha value is -1.71. The smallest absolute Gasteiger partial charge is 0.0571 e. The first-order valence-electron chi connectivity index (χ1n) is 7.19. The Bertz CT molecular complexity index is 576. The van der Waals surface area contributed by atoms with Crippen LogP contribution in [0.1, 0.15) is 42.0 Å². The molecule has 0 spiro atoms. The minimum Gasteiger partial charge on any atom is -0.271 e. The molecule has 2 aromatic rings. The van der Waals surface area contributed by atoms with Gasteiger partial charge < -0.3 is 0 Å². The summed E-state index contributed by atoms with van der Waals surface area (Å²) in [7, 11) is 0. The van der Waals surface area contributed by atoms with Crippen LogP contribution in [0.2, 0.25) is 0 Å². The van der Waals surface area contributed by atoms with Crippen molar-refractivity contribution in [2.24, 2.45) is 5.84 Å². The van der Waals surface area contributed by atoms with Crippen LogP contribution < -0.4 is 11.3 Å². The lowest BCUT2D eigenvalue weighted by atomic mass is 9.59. The van der Waals surface area contributed by atoms with Crippen LogP contribution in [0.25, 0.3) is 0 Å². The number of aryl methyl sites for hydroxylation is 1.